The predicted molar refractivity (Wildman–Crippen MR) is 71.5 cm³/mol. The molecule has 0 aromatic carbocycles. The summed E-state index contributed by atoms with van der Waals surface area (Å²) in [5, 5.41) is 12.8. The average molecular weight is 265 g/mol. The summed E-state index contributed by atoms with van der Waals surface area (Å²) in [6, 6.07) is 1.73. The Labute approximate surface area is 108 Å². The van der Waals surface area contributed by atoms with Crippen LogP contribution < -0.4 is 11.3 Å². The first-order valence-corrected chi connectivity index (χ1v) is 6.61. The zero-order valence-electron chi connectivity index (χ0n) is 10.4. The summed E-state index contributed by atoms with van der Waals surface area (Å²) in [4.78, 5) is 12.2. The second-order valence-electron chi connectivity index (χ2n) is 4.03. The molecule has 0 aliphatic heterocycles. The van der Waals surface area contributed by atoms with Crippen LogP contribution in [0.5, 0.6) is 0 Å². The van der Waals surface area contributed by atoms with Gasteiger partial charge in [-0.25, -0.2) is 4.68 Å². The summed E-state index contributed by atoms with van der Waals surface area (Å²) in [6.07, 6.45) is 1.94. The third-order valence-electron chi connectivity index (χ3n) is 2.49. The minimum atomic E-state index is -0.134. The molecule has 18 heavy (non-hydrogen) atoms. The summed E-state index contributed by atoms with van der Waals surface area (Å²) in [5.74, 6) is 0. The van der Waals surface area contributed by atoms with E-state index in [1.165, 1.54) is 16.0 Å². The van der Waals surface area contributed by atoms with E-state index >= 15 is 0 Å². The molecule has 7 heteroatoms. The van der Waals surface area contributed by atoms with Crippen LogP contribution in [0.1, 0.15) is 25.5 Å². The highest BCUT2D eigenvalue weighted by Crippen LogP contribution is 2.21. The van der Waals surface area contributed by atoms with Crippen LogP contribution >= 0.6 is 11.3 Å². The van der Waals surface area contributed by atoms with E-state index in [1.54, 1.807) is 6.07 Å². The number of unbranched alkanes of at least 4 members (excludes halogenated alkanes) is 1. The standard InChI is InChI=1S/C11H15N5OS/c1-3-4-5-16-10(17)8(6-7(2)15-16)9-13-14-11(12)18-9/h6H,3-5H2,1-2H3,(H2,12,14). The van der Waals surface area contributed by atoms with Crippen molar-refractivity contribution in [2.24, 2.45) is 0 Å². The Kier molecular flexibility index (Phi) is 3.71. The molecule has 0 bridgehead atoms. The topological polar surface area (TPSA) is 86.7 Å². The van der Waals surface area contributed by atoms with Gasteiger partial charge in [0.2, 0.25) is 5.13 Å². The van der Waals surface area contributed by atoms with Crippen molar-refractivity contribution < 1.29 is 0 Å². The van der Waals surface area contributed by atoms with E-state index in [9.17, 15) is 4.79 Å². The fourth-order valence-corrected chi connectivity index (χ4v) is 2.25. The summed E-state index contributed by atoms with van der Waals surface area (Å²) >= 11 is 1.21. The highest BCUT2D eigenvalue weighted by Gasteiger charge is 2.12. The summed E-state index contributed by atoms with van der Waals surface area (Å²) in [7, 11) is 0. The van der Waals surface area contributed by atoms with Crippen molar-refractivity contribution in [1.29, 1.82) is 0 Å². The maximum absolute atomic E-state index is 12.2. The Balaban J connectivity index is 2.48. The average Bonchev–Trinajstić information content (AvgIpc) is 2.76. The molecule has 2 aromatic heterocycles. The van der Waals surface area contributed by atoms with E-state index in [-0.39, 0.29) is 5.56 Å². The van der Waals surface area contributed by atoms with Crippen LogP contribution in [-0.4, -0.2) is 20.0 Å². The van der Waals surface area contributed by atoms with Crippen molar-refractivity contribution in [2.75, 3.05) is 5.73 Å². The van der Waals surface area contributed by atoms with Gasteiger partial charge in [-0.05, 0) is 19.4 Å². The highest BCUT2D eigenvalue weighted by atomic mass is 32.1. The van der Waals surface area contributed by atoms with Crippen LogP contribution in [0.3, 0.4) is 0 Å². The van der Waals surface area contributed by atoms with Crippen LogP contribution in [-0.2, 0) is 6.54 Å². The van der Waals surface area contributed by atoms with Gasteiger partial charge in [-0.15, -0.1) is 10.2 Å². The molecule has 2 rings (SSSR count). The Morgan fingerprint density at radius 3 is 2.83 bits per heavy atom. The number of hydrogen-bond acceptors (Lipinski definition) is 6. The van der Waals surface area contributed by atoms with E-state index in [2.05, 4.69) is 22.2 Å². The fourth-order valence-electron chi connectivity index (χ4n) is 1.63. The number of nitrogens with two attached hydrogens (primary N) is 1. The van der Waals surface area contributed by atoms with Crippen molar-refractivity contribution in [3.63, 3.8) is 0 Å². The molecule has 96 valence electrons. The lowest BCUT2D eigenvalue weighted by molar-refractivity contribution is 0.538. The SMILES string of the molecule is CCCCn1nc(C)cc(-c2nnc(N)s2)c1=O. The molecule has 0 radical (unpaired) electrons. The van der Waals surface area contributed by atoms with Gasteiger partial charge in [-0.3, -0.25) is 4.79 Å². The van der Waals surface area contributed by atoms with Crippen LogP contribution in [0.25, 0.3) is 10.6 Å². The molecule has 0 unspecified atom stereocenters. The van der Waals surface area contributed by atoms with E-state index in [4.69, 9.17) is 5.73 Å². The molecule has 0 spiro atoms. The smallest absolute Gasteiger partial charge is 0.277 e. The van der Waals surface area contributed by atoms with Gasteiger partial charge >= 0.3 is 0 Å². The molecular formula is C11H15N5OS. The van der Waals surface area contributed by atoms with Gasteiger partial charge in [0.15, 0.2) is 5.01 Å². The Bertz CT molecular complexity index is 604. The molecule has 6 nitrogen and oxygen atoms in total. The number of aromatic nitrogens is 4. The minimum Gasteiger partial charge on any atom is -0.374 e. The third-order valence-corrected chi connectivity index (χ3v) is 3.28. The van der Waals surface area contributed by atoms with Crippen molar-refractivity contribution in [1.82, 2.24) is 20.0 Å². The quantitative estimate of drug-likeness (QED) is 0.904. The van der Waals surface area contributed by atoms with Gasteiger partial charge in [0, 0.05) is 6.54 Å². The highest BCUT2D eigenvalue weighted by molar-refractivity contribution is 7.18. The van der Waals surface area contributed by atoms with E-state index in [0.29, 0.717) is 22.2 Å². The second kappa shape index (κ2) is 5.26. The van der Waals surface area contributed by atoms with E-state index in [1.807, 2.05) is 6.92 Å². The first kappa shape index (κ1) is 12.7. The van der Waals surface area contributed by atoms with E-state index in [0.717, 1.165) is 18.5 Å². The van der Waals surface area contributed by atoms with Crippen molar-refractivity contribution in [3.8, 4) is 10.6 Å². The summed E-state index contributed by atoms with van der Waals surface area (Å²) in [5.41, 5.74) is 6.72. The predicted octanol–water partition coefficient (Wildman–Crippen LogP) is 1.45. The number of anilines is 1. The van der Waals surface area contributed by atoms with Gasteiger partial charge in [0.25, 0.3) is 5.56 Å². The number of hydrogen-bond donors (Lipinski definition) is 1. The largest absolute Gasteiger partial charge is 0.374 e. The van der Waals surface area contributed by atoms with Crippen molar-refractivity contribution in [3.05, 3.63) is 22.1 Å². The Morgan fingerprint density at radius 1 is 1.44 bits per heavy atom. The molecule has 0 saturated heterocycles. The van der Waals surface area contributed by atoms with Gasteiger partial charge in [0.05, 0.1) is 11.3 Å². The number of nitrogens with zero attached hydrogens (tertiary/aromatic N) is 4. The van der Waals surface area contributed by atoms with Crippen molar-refractivity contribution in [2.45, 2.75) is 33.2 Å². The maximum atomic E-state index is 12.2. The van der Waals surface area contributed by atoms with Gasteiger partial charge in [-0.2, -0.15) is 5.10 Å². The second-order valence-corrected chi connectivity index (χ2v) is 5.04. The zero-order valence-corrected chi connectivity index (χ0v) is 11.2. The number of rotatable bonds is 4. The molecular weight excluding hydrogens is 250 g/mol. The summed E-state index contributed by atoms with van der Waals surface area (Å²) in [6.45, 7) is 4.56. The number of aryl methyl sites for hydroxylation is 2. The molecule has 2 N–H and O–H groups in total. The van der Waals surface area contributed by atoms with Gasteiger partial charge < -0.3 is 5.73 Å². The van der Waals surface area contributed by atoms with Gasteiger partial charge in [0.1, 0.15) is 0 Å². The molecule has 2 aromatic rings. The Hall–Kier alpha value is -1.76. The maximum Gasteiger partial charge on any atom is 0.277 e. The minimum absolute atomic E-state index is 0.134. The molecule has 0 amide bonds. The van der Waals surface area contributed by atoms with Crippen LogP contribution in [0.2, 0.25) is 0 Å². The van der Waals surface area contributed by atoms with Crippen LogP contribution in [0, 0.1) is 6.92 Å². The normalized spacial score (nSPS) is 10.8. The third kappa shape index (κ3) is 2.56. The lowest BCUT2D eigenvalue weighted by Gasteiger charge is -2.06. The lowest BCUT2D eigenvalue weighted by Crippen LogP contribution is -2.25. The number of nitrogen functional groups attached to an aromatic ring is 1. The van der Waals surface area contributed by atoms with Crippen LogP contribution in [0.15, 0.2) is 10.9 Å². The molecule has 0 saturated carbocycles. The molecule has 0 fully saturated rings. The Morgan fingerprint density at radius 2 is 2.22 bits per heavy atom. The molecule has 0 aliphatic rings. The van der Waals surface area contributed by atoms with Crippen molar-refractivity contribution >= 4 is 16.5 Å². The monoisotopic (exact) mass is 265 g/mol. The summed E-state index contributed by atoms with van der Waals surface area (Å²) < 4.78 is 1.49. The first-order chi connectivity index (χ1) is 8.61. The molecule has 0 aliphatic carbocycles. The lowest BCUT2D eigenvalue weighted by atomic mass is 10.2. The molecule has 0 atom stereocenters. The molecule has 2 heterocycles. The zero-order chi connectivity index (χ0) is 13.1. The fraction of sp³-hybridized carbons (Fsp3) is 0.455. The van der Waals surface area contributed by atoms with Crippen LogP contribution in [0.4, 0.5) is 5.13 Å². The first-order valence-electron chi connectivity index (χ1n) is 5.80. The van der Waals surface area contributed by atoms with E-state index < -0.39 is 0 Å². The van der Waals surface area contributed by atoms with Gasteiger partial charge in [-0.1, -0.05) is 24.7 Å².